The number of anilines is 1. The lowest BCUT2D eigenvalue weighted by atomic mass is 10.0. The topological polar surface area (TPSA) is 96.9 Å². The second kappa shape index (κ2) is 10.9. The lowest BCUT2D eigenvalue weighted by Crippen LogP contribution is -2.52. The number of amides is 2. The summed E-state index contributed by atoms with van der Waals surface area (Å²) in [5, 5.41) is 2.79. The van der Waals surface area contributed by atoms with Crippen LogP contribution in [0.3, 0.4) is 0 Å². The fraction of sp³-hybridized carbons (Fsp3) is 0.520. The van der Waals surface area contributed by atoms with Gasteiger partial charge in [0.25, 0.3) is 5.91 Å². The Morgan fingerprint density at radius 1 is 1.26 bits per heavy atom. The monoisotopic (exact) mass is 487 g/mol. The molecule has 190 valence electrons. The molecule has 2 aromatic rings. The van der Waals surface area contributed by atoms with Crippen molar-refractivity contribution < 1.29 is 23.5 Å². The predicted octanol–water partition coefficient (Wildman–Crippen LogP) is 4.24. The lowest BCUT2D eigenvalue weighted by molar-refractivity contribution is 0.0515. The van der Waals surface area contributed by atoms with E-state index in [2.05, 4.69) is 15.3 Å². The minimum absolute atomic E-state index is 0.0495. The zero-order valence-electron chi connectivity index (χ0n) is 21.2. The average Bonchev–Trinajstić information content (AvgIpc) is 2.73. The number of hydrogen-bond acceptors (Lipinski definition) is 7. The molecule has 0 spiro atoms. The summed E-state index contributed by atoms with van der Waals surface area (Å²) < 4.78 is 25.4. The summed E-state index contributed by atoms with van der Waals surface area (Å²) in [4.78, 5) is 37.1. The van der Waals surface area contributed by atoms with Gasteiger partial charge in [0.05, 0.1) is 11.8 Å². The molecule has 2 amide bonds. The van der Waals surface area contributed by atoms with Crippen LogP contribution in [0.15, 0.2) is 30.7 Å². The molecule has 0 unspecified atom stereocenters. The Hall–Kier alpha value is -3.43. The summed E-state index contributed by atoms with van der Waals surface area (Å²) in [6, 6.07) is 3.83. The van der Waals surface area contributed by atoms with Gasteiger partial charge < -0.3 is 24.6 Å². The lowest BCUT2D eigenvalue weighted by Gasteiger charge is -2.40. The highest BCUT2D eigenvalue weighted by Gasteiger charge is 2.31. The number of hydrogen-bond donors (Lipinski definition) is 1. The number of benzene rings is 1. The smallest absolute Gasteiger partial charge is 0.407 e. The molecule has 3 rings (SSSR count). The molecule has 1 N–H and O–H groups in total. The molecule has 10 heteroatoms. The van der Waals surface area contributed by atoms with Crippen LogP contribution < -0.4 is 15.0 Å². The van der Waals surface area contributed by atoms with Gasteiger partial charge in [0.1, 0.15) is 23.5 Å². The van der Waals surface area contributed by atoms with Gasteiger partial charge in [-0.3, -0.25) is 4.79 Å². The molecule has 1 aliphatic rings. The third-order valence-electron chi connectivity index (χ3n) is 5.47. The zero-order chi connectivity index (χ0) is 25.8. The maximum absolute atomic E-state index is 14.1. The molecule has 9 nitrogen and oxygen atoms in total. The van der Waals surface area contributed by atoms with E-state index in [1.165, 1.54) is 30.7 Å². The summed E-state index contributed by atoms with van der Waals surface area (Å²) in [7, 11) is 0. The molecule has 0 aliphatic carbocycles. The van der Waals surface area contributed by atoms with Crippen LogP contribution in [0.2, 0.25) is 0 Å². The van der Waals surface area contributed by atoms with E-state index < -0.39 is 17.5 Å². The molecule has 35 heavy (non-hydrogen) atoms. The minimum Gasteiger partial charge on any atom is -0.451 e. The van der Waals surface area contributed by atoms with Crippen molar-refractivity contribution in [2.45, 2.75) is 53.2 Å². The Balaban J connectivity index is 1.70. The van der Waals surface area contributed by atoms with Crippen LogP contribution in [0, 0.1) is 11.7 Å². The first-order chi connectivity index (χ1) is 16.5. The van der Waals surface area contributed by atoms with E-state index in [1.54, 1.807) is 4.90 Å². The second-order valence-electron chi connectivity index (χ2n) is 9.79. The maximum atomic E-state index is 14.1. The largest absolute Gasteiger partial charge is 0.451 e. The summed E-state index contributed by atoms with van der Waals surface area (Å²) in [5.41, 5.74) is -0.411. The van der Waals surface area contributed by atoms with Crippen molar-refractivity contribution in [3.05, 3.63) is 42.1 Å². The van der Waals surface area contributed by atoms with E-state index in [9.17, 15) is 14.0 Å². The molecule has 0 radical (unpaired) electrons. The van der Waals surface area contributed by atoms with Crippen LogP contribution in [0.4, 0.5) is 15.0 Å². The SMILES string of the molecule is CCN(C(=O)c1cc(F)ccc1Oc1cncnc1N1CC(CNC(=O)OC(C)(C)C)C1)C(C)C. The maximum Gasteiger partial charge on any atom is 0.407 e. The van der Waals surface area contributed by atoms with Crippen LogP contribution >= 0.6 is 0 Å². The molecular weight excluding hydrogens is 453 g/mol. The Kier molecular flexibility index (Phi) is 8.14. The van der Waals surface area contributed by atoms with E-state index in [0.717, 1.165) is 0 Å². The number of ether oxygens (including phenoxy) is 2. The van der Waals surface area contributed by atoms with Gasteiger partial charge in [-0.1, -0.05) is 0 Å². The molecule has 1 fully saturated rings. The average molecular weight is 488 g/mol. The van der Waals surface area contributed by atoms with Crippen LogP contribution in [0.25, 0.3) is 0 Å². The van der Waals surface area contributed by atoms with Crippen molar-refractivity contribution in [2.75, 3.05) is 31.1 Å². The third kappa shape index (κ3) is 6.80. The minimum atomic E-state index is -0.549. The Bertz CT molecular complexity index is 1050. The molecule has 1 aromatic heterocycles. The van der Waals surface area contributed by atoms with Crippen LogP contribution in [0.1, 0.15) is 51.9 Å². The standard InChI is InChI=1S/C25H34FN5O4/c1-7-31(16(2)3)23(32)19-10-18(26)8-9-20(19)34-21-12-27-15-29-22(21)30-13-17(14-30)11-28-24(33)35-25(4,5)6/h8-10,12,15-17H,7,11,13-14H2,1-6H3,(H,28,33). The van der Waals surface area contributed by atoms with Crippen molar-refractivity contribution >= 4 is 17.8 Å². The number of aromatic nitrogens is 2. The van der Waals surface area contributed by atoms with Gasteiger partial charge in [0.15, 0.2) is 11.6 Å². The molecule has 2 heterocycles. The normalized spacial score (nSPS) is 13.9. The van der Waals surface area contributed by atoms with Crippen LogP contribution in [-0.2, 0) is 4.74 Å². The first kappa shape index (κ1) is 26.2. The number of carbonyl (C=O) groups is 2. The van der Waals surface area contributed by atoms with E-state index >= 15 is 0 Å². The number of carbonyl (C=O) groups excluding carboxylic acids is 2. The summed E-state index contributed by atoms with van der Waals surface area (Å²) >= 11 is 0. The van der Waals surface area contributed by atoms with Crippen molar-refractivity contribution in [3.8, 4) is 11.5 Å². The molecule has 0 atom stereocenters. The number of halogens is 1. The number of nitrogens with zero attached hydrogens (tertiary/aromatic N) is 4. The third-order valence-corrected chi connectivity index (χ3v) is 5.47. The van der Waals surface area contributed by atoms with E-state index in [0.29, 0.717) is 37.7 Å². The van der Waals surface area contributed by atoms with Crippen molar-refractivity contribution in [2.24, 2.45) is 5.92 Å². The second-order valence-corrected chi connectivity index (χ2v) is 9.79. The van der Waals surface area contributed by atoms with Gasteiger partial charge in [-0.15, -0.1) is 0 Å². The Morgan fingerprint density at radius 2 is 1.97 bits per heavy atom. The fourth-order valence-corrected chi connectivity index (χ4v) is 3.81. The fourth-order valence-electron chi connectivity index (χ4n) is 3.81. The van der Waals surface area contributed by atoms with Crippen molar-refractivity contribution in [1.82, 2.24) is 20.2 Å². The summed E-state index contributed by atoms with van der Waals surface area (Å²) in [5.74, 6) is 0.542. The van der Waals surface area contributed by atoms with Gasteiger partial charge in [-0.2, -0.15) is 0 Å². The van der Waals surface area contributed by atoms with Gasteiger partial charge in [-0.25, -0.2) is 19.2 Å². The number of rotatable bonds is 8. The van der Waals surface area contributed by atoms with Crippen molar-refractivity contribution in [1.29, 1.82) is 0 Å². The zero-order valence-corrected chi connectivity index (χ0v) is 21.2. The van der Waals surface area contributed by atoms with E-state index in [4.69, 9.17) is 9.47 Å². The molecule has 1 aromatic carbocycles. The van der Waals surface area contributed by atoms with E-state index in [1.807, 2.05) is 46.4 Å². The first-order valence-electron chi connectivity index (χ1n) is 11.8. The first-order valence-corrected chi connectivity index (χ1v) is 11.8. The highest BCUT2D eigenvalue weighted by Crippen LogP contribution is 2.35. The highest BCUT2D eigenvalue weighted by atomic mass is 19.1. The number of nitrogens with one attached hydrogen (secondary N) is 1. The summed E-state index contributed by atoms with van der Waals surface area (Å²) in [6.45, 7) is 13.4. The van der Waals surface area contributed by atoms with Gasteiger partial charge >= 0.3 is 6.09 Å². The summed E-state index contributed by atoms with van der Waals surface area (Å²) in [6.07, 6.45) is 2.49. The molecular formula is C25H34FN5O4. The van der Waals surface area contributed by atoms with Crippen LogP contribution in [-0.4, -0.2) is 64.7 Å². The molecule has 1 aliphatic heterocycles. The molecule has 1 saturated heterocycles. The Morgan fingerprint density at radius 3 is 2.60 bits per heavy atom. The molecule has 0 saturated carbocycles. The highest BCUT2D eigenvalue weighted by molar-refractivity contribution is 5.97. The molecule has 0 bridgehead atoms. The quantitative estimate of drug-likeness (QED) is 0.595. The Labute approximate surface area is 205 Å². The van der Waals surface area contributed by atoms with Gasteiger partial charge in [0.2, 0.25) is 0 Å². The number of alkyl carbamates (subject to hydrolysis) is 1. The van der Waals surface area contributed by atoms with Gasteiger partial charge in [-0.05, 0) is 59.7 Å². The van der Waals surface area contributed by atoms with Crippen molar-refractivity contribution in [3.63, 3.8) is 0 Å². The predicted molar refractivity (Wildman–Crippen MR) is 130 cm³/mol. The van der Waals surface area contributed by atoms with E-state index in [-0.39, 0.29) is 29.2 Å². The van der Waals surface area contributed by atoms with Crippen LogP contribution in [0.5, 0.6) is 11.5 Å². The van der Waals surface area contributed by atoms with Gasteiger partial charge in [0, 0.05) is 38.1 Å².